The van der Waals surface area contributed by atoms with Crippen molar-refractivity contribution in [3.05, 3.63) is 119 Å². The van der Waals surface area contributed by atoms with Crippen LogP contribution in [0.4, 0.5) is 5.69 Å². The van der Waals surface area contributed by atoms with Gasteiger partial charge in [0.05, 0.1) is 17.1 Å². The monoisotopic (exact) mass is 520 g/mol. The van der Waals surface area contributed by atoms with Crippen LogP contribution in [0.2, 0.25) is 0 Å². The summed E-state index contributed by atoms with van der Waals surface area (Å²) < 4.78 is 14.3. The number of halogens is 1. The second-order valence-corrected chi connectivity index (χ2v) is 9.09. The third-order valence-electron chi connectivity index (χ3n) is 5.94. The molecular formula is C30H21BrN2O2. The molecule has 4 aromatic carbocycles. The Morgan fingerprint density at radius 3 is 2.14 bits per heavy atom. The highest BCUT2D eigenvalue weighted by atomic mass is 79.9. The van der Waals surface area contributed by atoms with Gasteiger partial charge >= 0.3 is 0 Å². The Labute approximate surface area is 212 Å². The first-order chi connectivity index (χ1) is 17.3. The zero-order valence-electron chi connectivity index (χ0n) is 18.8. The second-order valence-electron chi connectivity index (χ2n) is 8.17. The van der Waals surface area contributed by atoms with Gasteiger partial charge in [-0.05, 0) is 53.6 Å². The van der Waals surface area contributed by atoms with Crippen LogP contribution in [0.15, 0.2) is 119 Å². The first-order valence-corrected chi connectivity index (χ1v) is 12.1. The summed E-state index contributed by atoms with van der Waals surface area (Å²) >= 11 is 3.57. The number of ether oxygens (including phenoxy) is 2. The van der Waals surface area contributed by atoms with E-state index in [2.05, 4.69) is 99.4 Å². The van der Waals surface area contributed by atoms with Crippen molar-refractivity contribution in [3.63, 3.8) is 0 Å². The van der Waals surface area contributed by atoms with Gasteiger partial charge in [0.2, 0.25) is 6.79 Å². The molecule has 0 radical (unpaired) electrons. The number of benzene rings is 4. The van der Waals surface area contributed by atoms with Gasteiger partial charge in [0.1, 0.15) is 0 Å². The average Bonchev–Trinajstić information content (AvgIpc) is 3.53. The number of aliphatic imine (C=N–C) groups is 1. The number of aromatic nitrogens is 1. The van der Waals surface area contributed by atoms with Gasteiger partial charge < -0.3 is 14.0 Å². The molecule has 0 bridgehead atoms. The highest BCUT2D eigenvalue weighted by molar-refractivity contribution is 9.10. The predicted octanol–water partition coefficient (Wildman–Crippen LogP) is 8.05. The van der Waals surface area contributed by atoms with E-state index in [-0.39, 0.29) is 6.79 Å². The molecule has 0 N–H and O–H groups in total. The van der Waals surface area contributed by atoms with E-state index in [1.165, 1.54) is 0 Å². The van der Waals surface area contributed by atoms with Crippen molar-refractivity contribution in [2.75, 3.05) is 6.79 Å². The third kappa shape index (κ3) is 4.27. The van der Waals surface area contributed by atoms with Crippen LogP contribution in [0.1, 0.15) is 5.56 Å². The normalized spacial score (nSPS) is 12.4. The zero-order chi connectivity index (χ0) is 23.6. The van der Waals surface area contributed by atoms with Gasteiger partial charge in [-0.3, -0.25) is 4.99 Å². The molecular weight excluding hydrogens is 500 g/mol. The van der Waals surface area contributed by atoms with Crippen molar-refractivity contribution >= 4 is 27.8 Å². The molecule has 1 aliphatic heterocycles. The fourth-order valence-corrected chi connectivity index (χ4v) is 4.57. The summed E-state index contributed by atoms with van der Waals surface area (Å²) in [5.41, 5.74) is 7.34. The molecule has 0 spiro atoms. The first-order valence-electron chi connectivity index (χ1n) is 11.3. The van der Waals surface area contributed by atoms with Gasteiger partial charge in [-0.15, -0.1) is 0 Å². The molecule has 4 nitrogen and oxygen atoms in total. The van der Waals surface area contributed by atoms with Crippen molar-refractivity contribution in [1.29, 1.82) is 0 Å². The fraction of sp³-hybridized carbons (Fsp3) is 0.0333. The summed E-state index contributed by atoms with van der Waals surface area (Å²) in [5.74, 6) is 1.47. The van der Waals surface area contributed by atoms with Crippen molar-refractivity contribution in [1.82, 2.24) is 4.57 Å². The molecule has 0 atom stereocenters. The van der Waals surface area contributed by atoms with Gasteiger partial charge in [0.15, 0.2) is 11.5 Å². The maximum absolute atomic E-state index is 5.53. The lowest BCUT2D eigenvalue weighted by molar-refractivity contribution is 0.174. The summed E-state index contributed by atoms with van der Waals surface area (Å²) in [6.07, 6.45) is 1.93. The largest absolute Gasteiger partial charge is 0.454 e. The molecule has 1 aliphatic rings. The smallest absolute Gasteiger partial charge is 0.231 e. The molecule has 0 unspecified atom stereocenters. The number of hydrogen-bond donors (Lipinski definition) is 0. The third-order valence-corrected chi connectivity index (χ3v) is 6.47. The summed E-state index contributed by atoms with van der Waals surface area (Å²) in [5, 5.41) is 0. The van der Waals surface area contributed by atoms with Crippen LogP contribution in [0.3, 0.4) is 0 Å². The number of nitrogens with zero attached hydrogens (tertiary/aromatic N) is 2. The molecule has 2 heterocycles. The standard InChI is InChI=1S/C30H21BrN2O2/c31-24-11-14-26(15-12-24)33-27(21-7-3-1-4-8-21)17-23(30(33)22-9-5-2-6-10-22)19-32-25-13-16-28-29(18-25)35-20-34-28/h1-19H,20H2. The molecule has 0 aliphatic carbocycles. The van der Waals surface area contributed by atoms with E-state index in [9.17, 15) is 0 Å². The Balaban J connectivity index is 1.56. The highest BCUT2D eigenvalue weighted by Crippen LogP contribution is 2.37. The van der Waals surface area contributed by atoms with Crippen molar-refractivity contribution in [2.24, 2.45) is 4.99 Å². The minimum absolute atomic E-state index is 0.247. The Morgan fingerprint density at radius 1 is 0.714 bits per heavy atom. The summed E-state index contributed by atoms with van der Waals surface area (Å²) in [4.78, 5) is 4.81. The Bertz CT molecular complexity index is 1510. The van der Waals surface area contributed by atoms with E-state index in [1.807, 2.05) is 36.5 Å². The quantitative estimate of drug-likeness (QED) is 0.220. The lowest BCUT2D eigenvalue weighted by Gasteiger charge is -2.15. The Morgan fingerprint density at radius 2 is 1.40 bits per heavy atom. The van der Waals surface area contributed by atoms with E-state index in [0.29, 0.717) is 0 Å². The van der Waals surface area contributed by atoms with E-state index >= 15 is 0 Å². The molecule has 5 heteroatoms. The van der Waals surface area contributed by atoms with Crippen LogP contribution in [-0.2, 0) is 0 Å². The van der Waals surface area contributed by atoms with E-state index < -0.39 is 0 Å². The molecule has 0 amide bonds. The van der Waals surface area contributed by atoms with Gasteiger partial charge in [-0.1, -0.05) is 76.6 Å². The van der Waals surface area contributed by atoms with E-state index in [4.69, 9.17) is 14.5 Å². The molecule has 0 saturated carbocycles. The van der Waals surface area contributed by atoms with Gasteiger partial charge in [-0.2, -0.15) is 0 Å². The minimum Gasteiger partial charge on any atom is -0.454 e. The average molecular weight is 521 g/mol. The Kier molecular flexibility index (Phi) is 5.68. The van der Waals surface area contributed by atoms with Crippen LogP contribution in [-0.4, -0.2) is 17.6 Å². The summed E-state index contributed by atoms with van der Waals surface area (Å²) in [6.45, 7) is 0.247. The molecule has 0 fully saturated rings. The number of fused-ring (bicyclic) bond motifs is 1. The SMILES string of the molecule is Brc1ccc(-n2c(-c3ccccc3)cc(C=Nc3ccc4c(c3)OCO4)c2-c2ccccc2)cc1. The molecule has 0 saturated heterocycles. The van der Waals surface area contributed by atoms with Crippen LogP contribution < -0.4 is 9.47 Å². The zero-order valence-corrected chi connectivity index (χ0v) is 20.4. The number of hydrogen-bond acceptors (Lipinski definition) is 3. The van der Waals surface area contributed by atoms with Crippen molar-refractivity contribution in [2.45, 2.75) is 0 Å². The maximum Gasteiger partial charge on any atom is 0.231 e. The Hall–Kier alpha value is -4.09. The van der Waals surface area contributed by atoms with Gasteiger partial charge in [0, 0.05) is 28.0 Å². The van der Waals surface area contributed by atoms with Crippen molar-refractivity contribution in [3.8, 4) is 39.7 Å². The minimum atomic E-state index is 0.247. The first kappa shape index (κ1) is 21.4. The predicted molar refractivity (Wildman–Crippen MR) is 144 cm³/mol. The van der Waals surface area contributed by atoms with Gasteiger partial charge in [0.25, 0.3) is 0 Å². The van der Waals surface area contributed by atoms with Crippen LogP contribution in [0.25, 0.3) is 28.2 Å². The molecule has 170 valence electrons. The maximum atomic E-state index is 5.53. The van der Waals surface area contributed by atoms with Gasteiger partial charge in [-0.25, -0.2) is 0 Å². The molecule has 6 rings (SSSR count). The summed E-state index contributed by atoms with van der Waals surface area (Å²) in [6, 6.07) is 37.2. The van der Waals surface area contributed by atoms with E-state index in [1.54, 1.807) is 0 Å². The van der Waals surface area contributed by atoms with Crippen LogP contribution in [0, 0.1) is 0 Å². The fourth-order valence-electron chi connectivity index (χ4n) is 4.31. The van der Waals surface area contributed by atoms with Crippen LogP contribution in [0.5, 0.6) is 11.5 Å². The topological polar surface area (TPSA) is 35.8 Å². The lowest BCUT2D eigenvalue weighted by atomic mass is 10.1. The molecule has 5 aromatic rings. The van der Waals surface area contributed by atoms with Crippen LogP contribution >= 0.6 is 15.9 Å². The lowest BCUT2D eigenvalue weighted by Crippen LogP contribution is -2.00. The molecule has 35 heavy (non-hydrogen) atoms. The second kappa shape index (κ2) is 9.28. The molecule has 1 aromatic heterocycles. The van der Waals surface area contributed by atoms with Crippen molar-refractivity contribution < 1.29 is 9.47 Å². The number of rotatable bonds is 5. The van der Waals surface area contributed by atoms with E-state index in [0.717, 1.165) is 55.4 Å². The summed E-state index contributed by atoms with van der Waals surface area (Å²) in [7, 11) is 0. The highest BCUT2D eigenvalue weighted by Gasteiger charge is 2.19.